The van der Waals surface area contributed by atoms with Crippen molar-refractivity contribution in [3.05, 3.63) is 0 Å². The first-order chi connectivity index (χ1) is 4.09. The van der Waals surface area contributed by atoms with Crippen LogP contribution in [0.2, 0.25) is 0 Å². The van der Waals surface area contributed by atoms with Gasteiger partial charge < -0.3 is 0 Å². The van der Waals surface area contributed by atoms with Crippen molar-refractivity contribution < 1.29 is 0 Å². The van der Waals surface area contributed by atoms with Crippen LogP contribution in [-0.2, 0) is 0 Å². The fourth-order valence-corrected chi connectivity index (χ4v) is 4.07. The Labute approximate surface area is 111 Å². The van der Waals surface area contributed by atoms with Crippen LogP contribution in [0.15, 0.2) is 0 Å². The highest BCUT2D eigenvalue weighted by Crippen LogP contribution is 2.25. The normalized spacial score (nSPS) is 21.0. The quantitative estimate of drug-likeness (QED) is 0.355. The van der Waals surface area contributed by atoms with Gasteiger partial charge >= 0.3 is 0 Å². The van der Waals surface area contributed by atoms with Crippen LogP contribution in [0.1, 0.15) is 6.92 Å². The second-order valence-electron chi connectivity index (χ2n) is 1.79. The first kappa shape index (κ1) is 11.9. The molecule has 56 valence electrons. The maximum Gasteiger partial charge on any atom is 0.0350 e. The zero-order valence-electron chi connectivity index (χ0n) is 4.95. The van der Waals surface area contributed by atoms with Crippen LogP contribution >= 0.6 is 90.4 Å². The lowest BCUT2D eigenvalue weighted by Crippen LogP contribution is -2.22. The van der Waals surface area contributed by atoms with Crippen molar-refractivity contribution in [2.75, 3.05) is 4.43 Å². The van der Waals surface area contributed by atoms with Crippen LogP contribution in [0.3, 0.4) is 0 Å². The monoisotopic (exact) mass is 576 g/mol. The molecule has 0 saturated heterocycles. The Morgan fingerprint density at radius 2 is 1.67 bits per heavy atom. The van der Waals surface area contributed by atoms with Crippen LogP contribution in [0.4, 0.5) is 0 Å². The maximum atomic E-state index is 2.54. The summed E-state index contributed by atoms with van der Waals surface area (Å²) in [5, 5.41) is 0. The van der Waals surface area contributed by atoms with E-state index in [2.05, 4.69) is 97.3 Å². The number of rotatable bonds is 3. The topological polar surface area (TPSA) is 0 Å². The fourth-order valence-electron chi connectivity index (χ4n) is 0.373. The van der Waals surface area contributed by atoms with Crippen molar-refractivity contribution in [2.45, 2.75) is 18.7 Å². The van der Waals surface area contributed by atoms with E-state index >= 15 is 0 Å². The van der Waals surface area contributed by atoms with Gasteiger partial charge in [-0.3, -0.25) is 0 Å². The second kappa shape index (κ2) is 6.44. The Balaban J connectivity index is 3.58. The molecule has 0 aliphatic rings. The van der Waals surface area contributed by atoms with Gasteiger partial charge in [0.1, 0.15) is 0 Å². The molecular formula is C5H8I4. The van der Waals surface area contributed by atoms with Gasteiger partial charge in [0.15, 0.2) is 0 Å². The molecule has 0 fully saturated rings. The summed E-state index contributed by atoms with van der Waals surface area (Å²) in [7, 11) is 0. The fraction of sp³-hybridized carbons (Fsp3) is 1.00. The maximum absolute atomic E-state index is 2.54. The summed E-state index contributed by atoms with van der Waals surface area (Å²) in [6.45, 7) is 2.27. The molecule has 0 saturated carbocycles. The molecule has 0 aromatic rings. The molecule has 0 nitrogen and oxygen atoms in total. The van der Waals surface area contributed by atoms with Crippen LogP contribution in [0, 0.1) is 0 Å². The molecule has 0 aliphatic carbocycles. The van der Waals surface area contributed by atoms with E-state index in [4.69, 9.17) is 0 Å². The SMILES string of the molecule is CC(I)C(I)[C@@H](I)CI. The molecule has 0 N–H and O–H groups in total. The number of alkyl halides is 4. The molecule has 3 atom stereocenters. The van der Waals surface area contributed by atoms with Crippen LogP contribution in [-0.4, -0.2) is 16.2 Å². The average Bonchev–Trinajstić information content (AvgIpc) is 1.84. The predicted molar refractivity (Wildman–Crippen MR) is 78.0 cm³/mol. The van der Waals surface area contributed by atoms with Gasteiger partial charge in [0.25, 0.3) is 0 Å². The van der Waals surface area contributed by atoms with Crippen LogP contribution in [0.25, 0.3) is 0 Å². The summed E-state index contributed by atoms with van der Waals surface area (Å²) >= 11 is 10.0. The van der Waals surface area contributed by atoms with Gasteiger partial charge in [0.05, 0.1) is 0 Å². The van der Waals surface area contributed by atoms with E-state index in [1.165, 1.54) is 4.43 Å². The second-order valence-corrected chi connectivity index (χ2v) is 7.68. The summed E-state index contributed by atoms with van der Waals surface area (Å²) in [6.07, 6.45) is 0. The van der Waals surface area contributed by atoms with Crippen molar-refractivity contribution in [2.24, 2.45) is 0 Å². The summed E-state index contributed by atoms with van der Waals surface area (Å²) in [6, 6.07) is 0. The number of hydrogen-bond acceptors (Lipinski definition) is 0. The third-order valence-electron chi connectivity index (χ3n) is 0.932. The summed E-state index contributed by atoms with van der Waals surface area (Å²) in [5.41, 5.74) is 0. The van der Waals surface area contributed by atoms with Crippen molar-refractivity contribution in [3.63, 3.8) is 0 Å². The molecule has 0 spiro atoms. The van der Waals surface area contributed by atoms with Gasteiger partial charge in [-0.1, -0.05) is 97.3 Å². The van der Waals surface area contributed by atoms with E-state index in [1.807, 2.05) is 0 Å². The van der Waals surface area contributed by atoms with Crippen LogP contribution < -0.4 is 0 Å². The minimum Gasteiger partial charge on any atom is -0.0852 e. The zero-order chi connectivity index (χ0) is 7.44. The third-order valence-corrected chi connectivity index (χ3v) is 10.3. The van der Waals surface area contributed by atoms with E-state index in [9.17, 15) is 0 Å². The molecule has 0 rings (SSSR count). The van der Waals surface area contributed by atoms with Crippen LogP contribution in [0.5, 0.6) is 0 Å². The number of halogens is 4. The Morgan fingerprint density at radius 1 is 1.22 bits per heavy atom. The standard InChI is InChI=1S/C5H8I4/c1-3(7)5(9)4(8)2-6/h3-5H,2H2,1H3/t3?,4-,5?/m0/s1. The Bertz CT molecular complexity index is 73.4. The molecule has 0 heterocycles. The van der Waals surface area contributed by atoms with Gasteiger partial charge in [-0.15, -0.1) is 0 Å². The highest BCUT2D eigenvalue weighted by molar-refractivity contribution is 14.1. The van der Waals surface area contributed by atoms with E-state index in [-0.39, 0.29) is 0 Å². The Morgan fingerprint density at radius 3 is 1.78 bits per heavy atom. The Hall–Kier alpha value is 2.92. The van der Waals surface area contributed by atoms with E-state index in [0.717, 1.165) is 11.8 Å². The summed E-state index contributed by atoms with van der Waals surface area (Å²) in [4.78, 5) is 0. The Kier molecular flexibility index (Phi) is 8.53. The third kappa shape index (κ3) is 5.21. The summed E-state index contributed by atoms with van der Waals surface area (Å²) < 4.78 is 3.70. The van der Waals surface area contributed by atoms with Gasteiger partial charge in [0.2, 0.25) is 0 Å². The molecule has 0 aromatic heterocycles. The van der Waals surface area contributed by atoms with Gasteiger partial charge in [-0.05, 0) is 0 Å². The molecule has 4 heteroatoms. The van der Waals surface area contributed by atoms with Crippen molar-refractivity contribution in [3.8, 4) is 0 Å². The first-order valence-corrected chi connectivity index (χ1v) is 7.84. The smallest absolute Gasteiger partial charge is 0.0350 e. The van der Waals surface area contributed by atoms with E-state index in [0.29, 0.717) is 0 Å². The molecule has 2 unspecified atom stereocenters. The molecule has 9 heavy (non-hydrogen) atoms. The minimum atomic E-state index is 0.792. The molecular weight excluding hydrogens is 568 g/mol. The highest BCUT2D eigenvalue weighted by atomic mass is 127. The molecule has 0 radical (unpaired) electrons. The summed E-state index contributed by atoms with van der Waals surface area (Å²) in [5.74, 6) is 0. The van der Waals surface area contributed by atoms with Gasteiger partial charge in [-0.25, -0.2) is 0 Å². The van der Waals surface area contributed by atoms with E-state index in [1.54, 1.807) is 0 Å². The largest absolute Gasteiger partial charge is 0.0852 e. The van der Waals surface area contributed by atoms with Crippen molar-refractivity contribution in [1.82, 2.24) is 0 Å². The lowest BCUT2D eigenvalue weighted by atomic mass is 10.3. The van der Waals surface area contributed by atoms with Gasteiger partial charge in [-0.2, -0.15) is 0 Å². The average molecular weight is 576 g/mol. The lowest BCUT2D eigenvalue weighted by molar-refractivity contribution is 0.911. The molecule has 0 amide bonds. The molecule has 0 aromatic carbocycles. The van der Waals surface area contributed by atoms with Crippen molar-refractivity contribution >= 4 is 90.4 Å². The van der Waals surface area contributed by atoms with Crippen molar-refractivity contribution in [1.29, 1.82) is 0 Å². The first-order valence-electron chi connectivity index (χ1n) is 2.57. The number of hydrogen-bond donors (Lipinski definition) is 0. The molecule has 0 aliphatic heterocycles. The van der Waals surface area contributed by atoms with E-state index < -0.39 is 0 Å². The molecule has 0 bridgehead atoms. The lowest BCUT2D eigenvalue weighted by Gasteiger charge is -2.16. The highest BCUT2D eigenvalue weighted by Gasteiger charge is 2.18. The minimum absolute atomic E-state index is 0.792. The zero-order valence-corrected chi connectivity index (χ0v) is 13.6. The predicted octanol–water partition coefficient (Wildman–Crippen LogP) is 3.85. The van der Waals surface area contributed by atoms with Gasteiger partial charge in [0, 0.05) is 16.2 Å².